The molecular formula is C16H19F2N3O3. The molecule has 2 aromatic rings. The molecule has 24 heavy (non-hydrogen) atoms. The fourth-order valence-corrected chi connectivity index (χ4v) is 2.16. The Morgan fingerprint density at radius 3 is 2.96 bits per heavy atom. The van der Waals surface area contributed by atoms with Gasteiger partial charge in [0.25, 0.3) is 5.91 Å². The van der Waals surface area contributed by atoms with Crippen LogP contribution in [0.15, 0.2) is 30.5 Å². The lowest BCUT2D eigenvalue weighted by molar-refractivity contribution is -0.0498. The summed E-state index contributed by atoms with van der Waals surface area (Å²) in [7, 11) is 0. The quantitative estimate of drug-likeness (QED) is 0.690. The van der Waals surface area contributed by atoms with Crippen LogP contribution in [0.2, 0.25) is 0 Å². The Hall–Kier alpha value is -2.48. The summed E-state index contributed by atoms with van der Waals surface area (Å²) in [6, 6.07) is 6.01. The zero-order chi connectivity index (χ0) is 17.5. The van der Waals surface area contributed by atoms with E-state index in [1.54, 1.807) is 12.1 Å². The lowest BCUT2D eigenvalue weighted by Gasteiger charge is -2.10. The second kappa shape index (κ2) is 8.39. The molecule has 0 spiro atoms. The number of aromatic amines is 1. The van der Waals surface area contributed by atoms with Crippen LogP contribution < -0.4 is 10.1 Å². The Morgan fingerprint density at radius 2 is 2.25 bits per heavy atom. The predicted octanol–water partition coefficient (Wildman–Crippen LogP) is 2.57. The van der Waals surface area contributed by atoms with Gasteiger partial charge < -0.3 is 15.2 Å². The maximum atomic E-state index is 12.3. The molecule has 1 aromatic heterocycles. The maximum Gasteiger partial charge on any atom is 0.387 e. The molecule has 130 valence electrons. The molecule has 8 heteroatoms. The molecule has 1 amide bonds. The molecule has 0 saturated heterocycles. The Kier molecular flexibility index (Phi) is 6.25. The number of hydrogen-bond donors (Lipinski definition) is 3. The van der Waals surface area contributed by atoms with Crippen molar-refractivity contribution in [2.24, 2.45) is 0 Å². The van der Waals surface area contributed by atoms with E-state index in [1.165, 1.54) is 18.3 Å². The lowest BCUT2D eigenvalue weighted by Crippen LogP contribution is -2.27. The summed E-state index contributed by atoms with van der Waals surface area (Å²) in [6.45, 7) is -0.739. The number of aromatic nitrogens is 2. The molecule has 1 heterocycles. The van der Waals surface area contributed by atoms with Gasteiger partial charge in [-0.2, -0.15) is 13.9 Å². The number of aliphatic hydroxyl groups excluding tert-OH is 1. The van der Waals surface area contributed by atoms with Crippen LogP contribution in [-0.4, -0.2) is 40.5 Å². The number of aliphatic hydroxyl groups is 1. The zero-order valence-electron chi connectivity index (χ0n) is 13.1. The molecular weight excluding hydrogens is 320 g/mol. The highest BCUT2D eigenvalue weighted by Crippen LogP contribution is 2.25. The van der Waals surface area contributed by atoms with Crippen molar-refractivity contribution in [2.75, 3.05) is 6.54 Å². The van der Waals surface area contributed by atoms with Crippen molar-refractivity contribution in [3.63, 3.8) is 0 Å². The van der Waals surface area contributed by atoms with Crippen LogP contribution in [0.5, 0.6) is 5.75 Å². The number of H-pyrrole nitrogens is 1. The fourth-order valence-electron chi connectivity index (χ4n) is 2.16. The molecule has 0 bridgehead atoms. The van der Waals surface area contributed by atoms with Gasteiger partial charge in [0, 0.05) is 12.1 Å². The first-order chi connectivity index (χ1) is 11.5. The second-order valence-electron chi connectivity index (χ2n) is 5.17. The average molecular weight is 339 g/mol. The Morgan fingerprint density at radius 1 is 1.46 bits per heavy atom. The summed E-state index contributed by atoms with van der Waals surface area (Å²) in [5.41, 5.74) is 1.20. The van der Waals surface area contributed by atoms with Crippen LogP contribution in [-0.2, 0) is 0 Å². The number of ether oxygens (including phenoxy) is 1. The third-order valence-corrected chi connectivity index (χ3v) is 3.47. The molecule has 1 atom stereocenters. The van der Waals surface area contributed by atoms with E-state index in [0.717, 1.165) is 0 Å². The van der Waals surface area contributed by atoms with E-state index >= 15 is 0 Å². The molecule has 0 aliphatic heterocycles. The van der Waals surface area contributed by atoms with Crippen molar-refractivity contribution in [3.8, 4) is 17.0 Å². The zero-order valence-corrected chi connectivity index (χ0v) is 13.1. The number of hydrogen-bond acceptors (Lipinski definition) is 4. The molecule has 6 nitrogen and oxygen atoms in total. The molecule has 0 radical (unpaired) electrons. The minimum atomic E-state index is -2.92. The van der Waals surface area contributed by atoms with E-state index in [-0.39, 0.29) is 17.2 Å². The first-order valence-corrected chi connectivity index (χ1v) is 7.56. The van der Waals surface area contributed by atoms with Crippen molar-refractivity contribution < 1.29 is 23.4 Å². The summed E-state index contributed by atoms with van der Waals surface area (Å²) in [4.78, 5) is 12.2. The topological polar surface area (TPSA) is 87.2 Å². The number of carbonyl (C=O) groups is 1. The van der Waals surface area contributed by atoms with Crippen LogP contribution in [0.4, 0.5) is 8.78 Å². The van der Waals surface area contributed by atoms with Gasteiger partial charge in [0.1, 0.15) is 5.75 Å². The smallest absolute Gasteiger partial charge is 0.387 e. The monoisotopic (exact) mass is 339 g/mol. The van der Waals surface area contributed by atoms with Gasteiger partial charge in [0.05, 0.1) is 23.6 Å². The van der Waals surface area contributed by atoms with Gasteiger partial charge >= 0.3 is 6.61 Å². The summed E-state index contributed by atoms with van der Waals surface area (Å²) in [6.07, 6.45) is 1.97. The van der Waals surface area contributed by atoms with Crippen molar-refractivity contribution in [1.29, 1.82) is 0 Å². The number of alkyl halides is 2. The van der Waals surface area contributed by atoms with E-state index in [4.69, 9.17) is 0 Å². The molecule has 1 aromatic carbocycles. The van der Waals surface area contributed by atoms with Crippen molar-refractivity contribution >= 4 is 5.91 Å². The van der Waals surface area contributed by atoms with Gasteiger partial charge in [0.2, 0.25) is 0 Å². The van der Waals surface area contributed by atoms with Crippen molar-refractivity contribution in [1.82, 2.24) is 15.5 Å². The van der Waals surface area contributed by atoms with Crippen LogP contribution in [0.1, 0.15) is 30.1 Å². The van der Waals surface area contributed by atoms with Crippen molar-refractivity contribution in [3.05, 3.63) is 36.0 Å². The van der Waals surface area contributed by atoms with E-state index in [9.17, 15) is 18.7 Å². The normalized spacial score (nSPS) is 12.2. The molecule has 1 unspecified atom stereocenters. The Balaban J connectivity index is 2.11. The Bertz CT molecular complexity index is 676. The van der Waals surface area contributed by atoms with Crippen LogP contribution in [0.25, 0.3) is 11.3 Å². The van der Waals surface area contributed by atoms with E-state index in [1.807, 2.05) is 6.92 Å². The number of amides is 1. The molecule has 3 N–H and O–H groups in total. The van der Waals surface area contributed by atoms with Crippen molar-refractivity contribution in [2.45, 2.75) is 32.5 Å². The maximum absolute atomic E-state index is 12.3. The summed E-state index contributed by atoms with van der Waals surface area (Å²) < 4.78 is 29.0. The number of rotatable bonds is 8. The first-order valence-electron chi connectivity index (χ1n) is 7.56. The Labute approximate surface area is 137 Å². The first kappa shape index (κ1) is 17.9. The largest absolute Gasteiger partial charge is 0.435 e. The minimum Gasteiger partial charge on any atom is -0.435 e. The van der Waals surface area contributed by atoms with Gasteiger partial charge in [-0.15, -0.1) is 0 Å². The van der Waals surface area contributed by atoms with Gasteiger partial charge in [-0.1, -0.05) is 19.1 Å². The molecule has 0 aliphatic rings. The number of nitrogens with zero attached hydrogens (tertiary/aromatic N) is 1. The highest BCUT2D eigenvalue weighted by Gasteiger charge is 2.16. The van der Waals surface area contributed by atoms with Gasteiger partial charge in [-0.05, 0) is 25.0 Å². The van der Waals surface area contributed by atoms with Crippen LogP contribution in [0, 0.1) is 0 Å². The van der Waals surface area contributed by atoms with E-state index in [0.29, 0.717) is 30.6 Å². The van der Waals surface area contributed by atoms with E-state index < -0.39 is 12.7 Å². The molecule has 0 saturated carbocycles. The van der Waals surface area contributed by atoms with Crippen LogP contribution in [0.3, 0.4) is 0 Å². The second-order valence-corrected chi connectivity index (χ2v) is 5.17. The molecule has 0 fully saturated rings. The SMILES string of the molecule is CCC(O)CCNC(=O)c1cn[nH]c1-c1cccc(OC(F)F)c1. The fraction of sp³-hybridized carbons (Fsp3) is 0.375. The number of nitrogens with one attached hydrogen (secondary N) is 2. The third kappa shape index (κ3) is 4.76. The van der Waals surface area contributed by atoms with Crippen LogP contribution >= 0.6 is 0 Å². The summed E-state index contributed by atoms with van der Waals surface area (Å²) >= 11 is 0. The highest BCUT2D eigenvalue weighted by molar-refractivity contribution is 5.99. The van der Waals surface area contributed by atoms with Gasteiger partial charge in [0.15, 0.2) is 0 Å². The molecule has 0 aliphatic carbocycles. The van der Waals surface area contributed by atoms with Gasteiger partial charge in [-0.25, -0.2) is 0 Å². The van der Waals surface area contributed by atoms with Gasteiger partial charge in [-0.3, -0.25) is 9.89 Å². The standard InChI is InChI=1S/C16H19F2N3O3/c1-2-11(22)6-7-19-15(23)13-9-20-21-14(13)10-4-3-5-12(8-10)24-16(17)18/h3-5,8-9,11,16,22H,2,6-7H2,1H3,(H,19,23)(H,20,21). The number of benzene rings is 1. The number of carbonyl (C=O) groups excluding carboxylic acids is 1. The lowest BCUT2D eigenvalue weighted by atomic mass is 10.1. The van der Waals surface area contributed by atoms with E-state index in [2.05, 4.69) is 20.3 Å². The predicted molar refractivity (Wildman–Crippen MR) is 83.9 cm³/mol. The highest BCUT2D eigenvalue weighted by atomic mass is 19.3. The summed E-state index contributed by atoms with van der Waals surface area (Å²) in [5.74, 6) is -0.364. The third-order valence-electron chi connectivity index (χ3n) is 3.47. The average Bonchev–Trinajstić information content (AvgIpc) is 3.04. The summed E-state index contributed by atoms with van der Waals surface area (Å²) in [5, 5.41) is 18.7. The number of halogens is 2. The minimum absolute atomic E-state index is 0.00507. The molecule has 2 rings (SSSR count).